The molecule has 0 spiro atoms. The van der Waals surface area contributed by atoms with Crippen LogP contribution < -0.4 is 5.32 Å². The number of hydrogen-bond acceptors (Lipinski definition) is 10. The van der Waals surface area contributed by atoms with Crippen LogP contribution in [0.2, 0.25) is 0 Å². The van der Waals surface area contributed by atoms with Gasteiger partial charge in [-0.05, 0) is 32.3 Å². The van der Waals surface area contributed by atoms with Gasteiger partial charge in [0.05, 0.1) is 19.7 Å². The maximum Gasteiger partial charge on any atom is 0.527 e. The first kappa shape index (κ1) is 29.9. The van der Waals surface area contributed by atoms with Crippen molar-refractivity contribution in [3.63, 3.8) is 0 Å². The number of aromatic nitrogens is 2. The van der Waals surface area contributed by atoms with Crippen molar-refractivity contribution < 1.29 is 38.6 Å². The van der Waals surface area contributed by atoms with Crippen molar-refractivity contribution in [1.82, 2.24) is 25.2 Å². The molecule has 0 bridgehead atoms. The first-order valence-corrected chi connectivity index (χ1v) is 13.8. The molecule has 2 amide bonds. The van der Waals surface area contributed by atoms with Gasteiger partial charge in [-0.25, -0.2) is 14.8 Å². The van der Waals surface area contributed by atoms with Gasteiger partial charge >= 0.3 is 12.1 Å². The number of carboxylic acid groups (broad SMARTS) is 1. The smallest absolute Gasteiger partial charge is 0.481 e. The van der Waals surface area contributed by atoms with E-state index in [1.807, 2.05) is 30.3 Å². The van der Waals surface area contributed by atoms with E-state index in [4.69, 9.17) is 19.3 Å². The number of nitrogens with zero attached hydrogens (tertiary/aromatic N) is 4. The molecule has 220 valence electrons. The number of amides is 2. The number of carbonyl (C=O) groups is 4. The zero-order valence-electron chi connectivity index (χ0n) is 23.0. The van der Waals surface area contributed by atoms with Crippen molar-refractivity contribution in [3.8, 4) is 11.4 Å². The molecule has 1 atom stereocenters. The number of benzene rings is 1. The molecule has 2 aliphatic heterocycles. The van der Waals surface area contributed by atoms with E-state index in [0.29, 0.717) is 19.0 Å². The Labute approximate surface area is 237 Å². The molecular formula is C28H35N5O8. The van der Waals surface area contributed by atoms with Crippen LogP contribution in [0.15, 0.2) is 36.4 Å². The molecule has 0 saturated carbocycles. The summed E-state index contributed by atoms with van der Waals surface area (Å²) in [6.45, 7) is 3.96. The van der Waals surface area contributed by atoms with E-state index in [9.17, 15) is 24.3 Å². The molecule has 2 aliphatic rings. The fourth-order valence-electron chi connectivity index (χ4n) is 4.73. The highest BCUT2D eigenvalue weighted by molar-refractivity contribution is 5.96. The summed E-state index contributed by atoms with van der Waals surface area (Å²) in [5.41, 5.74) is 1.57. The third kappa shape index (κ3) is 8.44. The fourth-order valence-corrected chi connectivity index (χ4v) is 4.73. The van der Waals surface area contributed by atoms with Crippen molar-refractivity contribution in [2.24, 2.45) is 0 Å². The van der Waals surface area contributed by atoms with Gasteiger partial charge in [-0.3, -0.25) is 14.4 Å². The van der Waals surface area contributed by atoms with Crippen LogP contribution in [0.1, 0.15) is 54.7 Å². The summed E-state index contributed by atoms with van der Waals surface area (Å²) in [6.07, 6.45) is 0.298. The topological polar surface area (TPSA) is 160 Å². The highest BCUT2D eigenvalue weighted by Crippen LogP contribution is 2.28. The minimum absolute atomic E-state index is 0.0944. The quantitative estimate of drug-likeness (QED) is 0.404. The van der Waals surface area contributed by atoms with Gasteiger partial charge in [-0.2, -0.15) is 0 Å². The Balaban J connectivity index is 1.51. The molecule has 2 saturated heterocycles. The number of nitrogens with one attached hydrogen (secondary N) is 1. The zero-order valence-corrected chi connectivity index (χ0v) is 23.0. The third-order valence-electron chi connectivity index (χ3n) is 6.92. The van der Waals surface area contributed by atoms with Gasteiger partial charge in [-0.1, -0.05) is 30.3 Å². The van der Waals surface area contributed by atoms with Crippen LogP contribution in [0.5, 0.6) is 0 Å². The molecule has 2 fully saturated rings. The maximum absolute atomic E-state index is 13.5. The molecule has 41 heavy (non-hydrogen) atoms. The normalized spacial score (nSPS) is 17.0. The lowest BCUT2D eigenvalue weighted by Gasteiger charge is -2.35. The number of ether oxygens (including phenoxy) is 2. The molecule has 0 unspecified atom stereocenters. The van der Waals surface area contributed by atoms with Crippen molar-refractivity contribution >= 4 is 23.9 Å². The van der Waals surface area contributed by atoms with Crippen LogP contribution in [0.3, 0.4) is 0 Å². The third-order valence-corrected chi connectivity index (χ3v) is 6.92. The van der Waals surface area contributed by atoms with E-state index in [2.05, 4.69) is 10.3 Å². The van der Waals surface area contributed by atoms with E-state index in [0.717, 1.165) is 24.1 Å². The second-order valence-corrected chi connectivity index (χ2v) is 9.74. The number of rotatable bonds is 10. The minimum atomic E-state index is -1.09. The lowest BCUT2D eigenvalue weighted by Crippen LogP contribution is -2.55. The largest absolute Gasteiger partial charge is 0.527 e. The zero-order chi connectivity index (χ0) is 29.2. The Kier molecular flexibility index (Phi) is 10.6. The van der Waals surface area contributed by atoms with Crippen molar-refractivity contribution in [3.05, 3.63) is 47.8 Å². The molecular weight excluding hydrogens is 534 g/mol. The van der Waals surface area contributed by atoms with Crippen molar-refractivity contribution in [2.75, 3.05) is 46.0 Å². The van der Waals surface area contributed by atoms with E-state index < -0.39 is 30.0 Å². The van der Waals surface area contributed by atoms with E-state index in [1.165, 1.54) is 9.96 Å². The Morgan fingerprint density at radius 1 is 1.07 bits per heavy atom. The van der Waals surface area contributed by atoms with E-state index in [-0.39, 0.29) is 57.2 Å². The molecule has 2 N–H and O–H groups in total. The molecule has 1 aromatic carbocycles. The predicted molar refractivity (Wildman–Crippen MR) is 145 cm³/mol. The monoisotopic (exact) mass is 569 g/mol. The lowest BCUT2D eigenvalue weighted by molar-refractivity contribution is -0.157. The van der Waals surface area contributed by atoms with E-state index in [1.54, 1.807) is 13.0 Å². The summed E-state index contributed by atoms with van der Waals surface area (Å²) < 4.78 is 10.3. The van der Waals surface area contributed by atoms with Crippen LogP contribution in [0, 0.1) is 0 Å². The average molecular weight is 570 g/mol. The lowest BCUT2D eigenvalue weighted by atomic mass is 9.95. The van der Waals surface area contributed by atoms with Crippen LogP contribution in [0.25, 0.3) is 11.4 Å². The predicted octanol–water partition coefficient (Wildman–Crippen LogP) is 2.23. The highest BCUT2D eigenvalue weighted by atomic mass is 16.8. The number of carboxylic acids is 1. The second kappa shape index (κ2) is 14.5. The number of piperazine rings is 1. The summed E-state index contributed by atoms with van der Waals surface area (Å²) in [7, 11) is 0. The summed E-state index contributed by atoms with van der Waals surface area (Å²) in [5, 5.41) is 13.4. The van der Waals surface area contributed by atoms with Gasteiger partial charge in [-0.15, -0.1) is 5.06 Å². The molecule has 0 aliphatic carbocycles. The maximum atomic E-state index is 13.5. The second-order valence-electron chi connectivity index (χ2n) is 9.74. The van der Waals surface area contributed by atoms with Gasteiger partial charge in [0.15, 0.2) is 5.82 Å². The number of hydroxylamine groups is 2. The van der Waals surface area contributed by atoms with Crippen molar-refractivity contribution in [1.29, 1.82) is 0 Å². The summed E-state index contributed by atoms with van der Waals surface area (Å²) in [6, 6.07) is 9.86. The SMILES string of the molecule is CCOC(=O)ON1CCN(C(=O)[C@H](CCC(=O)O)NC(=O)c2cc(C3CCOCC3)nc(-c3ccccc3)n2)CC1. The number of aliphatic carboxylic acids is 1. The first-order valence-electron chi connectivity index (χ1n) is 13.8. The van der Waals surface area contributed by atoms with Gasteiger partial charge in [0.2, 0.25) is 5.91 Å². The Morgan fingerprint density at radius 3 is 2.44 bits per heavy atom. The van der Waals surface area contributed by atoms with Crippen LogP contribution >= 0.6 is 0 Å². The standard InChI is InChI=1S/C28H35N5O8/c1-2-40-28(38)41-33-14-12-32(13-15-33)27(37)21(8-9-24(34)35)31-26(36)23-18-22(19-10-16-39-17-11-19)29-25(30-23)20-6-4-3-5-7-20/h3-7,18-19,21H,2,8-17H2,1H3,(H,31,36)(H,34,35)/t21-/m0/s1. The van der Waals surface area contributed by atoms with Gasteiger partial charge in [0.25, 0.3) is 5.91 Å². The van der Waals surface area contributed by atoms with Crippen LogP contribution in [-0.4, -0.2) is 101 Å². The van der Waals surface area contributed by atoms with Gasteiger partial charge < -0.3 is 29.6 Å². The molecule has 3 heterocycles. The van der Waals surface area contributed by atoms with Crippen LogP contribution in [0.4, 0.5) is 4.79 Å². The Hall–Kier alpha value is -4.10. The van der Waals surface area contributed by atoms with Crippen LogP contribution in [-0.2, 0) is 23.9 Å². The van der Waals surface area contributed by atoms with Gasteiger partial charge in [0, 0.05) is 49.9 Å². The summed E-state index contributed by atoms with van der Waals surface area (Å²) >= 11 is 0. The molecule has 2 aromatic rings. The van der Waals surface area contributed by atoms with Gasteiger partial charge in [0.1, 0.15) is 11.7 Å². The van der Waals surface area contributed by atoms with Crippen molar-refractivity contribution in [2.45, 2.75) is 44.6 Å². The molecule has 13 nitrogen and oxygen atoms in total. The molecule has 13 heteroatoms. The molecule has 4 rings (SSSR count). The van der Waals surface area contributed by atoms with E-state index >= 15 is 0 Å². The summed E-state index contributed by atoms with van der Waals surface area (Å²) in [4.78, 5) is 65.8. The highest BCUT2D eigenvalue weighted by Gasteiger charge is 2.31. The Morgan fingerprint density at radius 2 is 1.78 bits per heavy atom. The molecule has 1 aromatic heterocycles. The Bertz CT molecular complexity index is 1210. The fraction of sp³-hybridized carbons (Fsp3) is 0.500. The summed E-state index contributed by atoms with van der Waals surface area (Å²) in [5.74, 6) is -1.60. The number of carbonyl (C=O) groups excluding carboxylic acids is 3. The number of hydrogen-bond donors (Lipinski definition) is 2. The molecule has 0 radical (unpaired) electrons. The minimum Gasteiger partial charge on any atom is -0.481 e. The average Bonchev–Trinajstić information content (AvgIpc) is 3.00. The first-order chi connectivity index (χ1) is 19.8.